The van der Waals surface area contributed by atoms with E-state index in [2.05, 4.69) is 10.3 Å². The fraction of sp³-hybridized carbons (Fsp3) is 0.350. The normalized spacial score (nSPS) is 13.3. The van der Waals surface area contributed by atoms with Crippen LogP contribution in [0.5, 0.6) is 0 Å². The Bertz CT molecular complexity index is 998. The number of nitrogens with one attached hydrogen (secondary N) is 1. The molecule has 10 heteroatoms. The minimum Gasteiger partial charge on any atom is -0.439 e. The summed E-state index contributed by atoms with van der Waals surface area (Å²) in [4.78, 5) is 54.1. The van der Waals surface area contributed by atoms with Gasteiger partial charge in [-0.25, -0.2) is 9.37 Å². The smallest absolute Gasteiger partial charge is 0.253 e. The maximum atomic E-state index is 13.3. The standard InChI is InChI=1S/C20H21FN4O5/c1-22-16(26)11-24(12-17-23-14-10-13(21)5-6-15(14)30-17)18(27)4-2-3-9-25-19(28)7-8-20(25)29/h5-8,10H,2-4,9,11-12H2,1H3,(H,22,26). The topological polar surface area (TPSA) is 113 Å². The molecule has 0 saturated heterocycles. The second kappa shape index (κ2) is 9.29. The van der Waals surface area contributed by atoms with Crippen molar-refractivity contribution in [3.8, 4) is 0 Å². The predicted octanol–water partition coefficient (Wildman–Crippen LogP) is 1.14. The number of oxazole rings is 1. The zero-order chi connectivity index (χ0) is 21.7. The van der Waals surface area contributed by atoms with E-state index >= 15 is 0 Å². The van der Waals surface area contributed by atoms with Gasteiger partial charge in [0.15, 0.2) is 5.58 Å². The van der Waals surface area contributed by atoms with Crippen molar-refractivity contribution < 1.29 is 28.0 Å². The quantitative estimate of drug-likeness (QED) is 0.485. The molecule has 1 aliphatic rings. The summed E-state index contributed by atoms with van der Waals surface area (Å²) in [5.74, 6) is -1.65. The lowest BCUT2D eigenvalue weighted by atomic mass is 10.2. The molecular formula is C20H21FN4O5. The number of benzene rings is 1. The van der Waals surface area contributed by atoms with Crippen molar-refractivity contribution in [1.29, 1.82) is 0 Å². The number of hydrogen-bond acceptors (Lipinski definition) is 6. The highest BCUT2D eigenvalue weighted by atomic mass is 19.1. The molecule has 30 heavy (non-hydrogen) atoms. The number of carbonyl (C=O) groups is 4. The van der Waals surface area contributed by atoms with E-state index in [-0.39, 0.29) is 55.6 Å². The first-order valence-corrected chi connectivity index (χ1v) is 9.44. The van der Waals surface area contributed by atoms with Gasteiger partial charge in [-0.3, -0.25) is 24.1 Å². The Labute approximate surface area is 171 Å². The van der Waals surface area contributed by atoms with Gasteiger partial charge in [0, 0.05) is 38.2 Å². The molecule has 1 aromatic heterocycles. The van der Waals surface area contributed by atoms with Crippen molar-refractivity contribution in [2.75, 3.05) is 20.1 Å². The third-order valence-electron chi connectivity index (χ3n) is 4.61. The number of likely N-dealkylation sites (N-methyl/N-ethyl adjacent to an activating group) is 1. The van der Waals surface area contributed by atoms with Crippen LogP contribution in [0.25, 0.3) is 11.1 Å². The van der Waals surface area contributed by atoms with Crippen LogP contribution in [0, 0.1) is 5.82 Å². The summed E-state index contributed by atoms with van der Waals surface area (Å²) in [7, 11) is 1.46. The Morgan fingerprint density at radius 3 is 2.63 bits per heavy atom. The molecule has 0 aliphatic carbocycles. The predicted molar refractivity (Wildman–Crippen MR) is 103 cm³/mol. The molecule has 1 N–H and O–H groups in total. The summed E-state index contributed by atoms with van der Waals surface area (Å²) in [6.07, 6.45) is 3.44. The lowest BCUT2D eigenvalue weighted by Gasteiger charge is -2.20. The Morgan fingerprint density at radius 1 is 1.20 bits per heavy atom. The first kappa shape index (κ1) is 21.2. The van der Waals surface area contributed by atoms with Crippen LogP contribution in [0.4, 0.5) is 4.39 Å². The van der Waals surface area contributed by atoms with E-state index in [1.165, 1.54) is 42.3 Å². The van der Waals surface area contributed by atoms with Gasteiger partial charge >= 0.3 is 0 Å². The van der Waals surface area contributed by atoms with E-state index in [0.717, 1.165) is 4.90 Å². The summed E-state index contributed by atoms with van der Waals surface area (Å²) in [6.45, 7) is -0.00487. The largest absolute Gasteiger partial charge is 0.439 e. The highest BCUT2D eigenvalue weighted by Gasteiger charge is 2.23. The average molecular weight is 416 g/mol. The van der Waals surface area contributed by atoms with Crippen LogP contribution in [0.15, 0.2) is 34.8 Å². The van der Waals surface area contributed by atoms with Crippen molar-refractivity contribution in [2.24, 2.45) is 0 Å². The van der Waals surface area contributed by atoms with Crippen molar-refractivity contribution in [2.45, 2.75) is 25.8 Å². The Balaban J connectivity index is 1.59. The number of imide groups is 1. The number of hydrogen-bond donors (Lipinski definition) is 1. The number of nitrogens with zero attached hydrogens (tertiary/aromatic N) is 3. The summed E-state index contributed by atoms with van der Waals surface area (Å²) >= 11 is 0. The van der Waals surface area contributed by atoms with Crippen LogP contribution in [0.2, 0.25) is 0 Å². The van der Waals surface area contributed by atoms with Gasteiger partial charge in [-0.1, -0.05) is 0 Å². The van der Waals surface area contributed by atoms with E-state index in [9.17, 15) is 23.6 Å². The Hall–Kier alpha value is -3.56. The van der Waals surface area contributed by atoms with Gasteiger partial charge in [-0.15, -0.1) is 0 Å². The highest BCUT2D eigenvalue weighted by molar-refractivity contribution is 6.12. The molecule has 0 spiro atoms. The molecule has 0 fully saturated rings. The van der Waals surface area contributed by atoms with Crippen molar-refractivity contribution in [1.82, 2.24) is 20.1 Å². The zero-order valence-corrected chi connectivity index (χ0v) is 16.4. The maximum absolute atomic E-state index is 13.3. The molecule has 0 saturated carbocycles. The van der Waals surface area contributed by atoms with Crippen LogP contribution in [0.3, 0.4) is 0 Å². The molecular weight excluding hydrogens is 395 g/mol. The van der Waals surface area contributed by atoms with E-state index in [4.69, 9.17) is 4.42 Å². The summed E-state index contributed by atoms with van der Waals surface area (Å²) in [5, 5.41) is 2.46. The van der Waals surface area contributed by atoms with Gasteiger partial charge in [0.25, 0.3) is 11.8 Å². The molecule has 0 unspecified atom stereocenters. The number of aromatic nitrogens is 1. The van der Waals surface area contributed by atoms with Crippen molar-refractivity contribution in [3.05, 3.63) is 42.1 Å². The second-order valence-corrected chi connectivity index (χ2v) is 6.76. The molecule has 1 aliphatic heterocycles. The van der Waals surface area contributed by atoms with Gasteiger partial charge in [-0.05, 0) is 25.0 Å². The molecule has 2 heterocycles. The van der Waals surface area contributed by atoms with E-state index < -0.39 is 5.82 Å². The van der Waals surface area contributed by atoms with Gasteiger partial charge in [-0.2, -0.15) is 0 Å². The fourth-order valence-electron chi connectivity index (χ4n) is 3.02. The first-order chi connectivity index (χ1) is 14.4. The van der Waals surface area contributed by atoms with Crippen LogP contribution < -0.4 is 5.32 Å². The number of rotatable bonds is 9. The van der Waals surface area contributed by atoms with Crippen LogP contribution in [-0.2, 0) is 25.7 Å². The number of unbranched alkanes of at least 4 members (excludes halogenated alkanes) is 1. The lowest BCUT2D eigenvalue weighted by molar-refractivity contribution is -0.137. The number of amides is 4. The molecule has 3 rings (SSSR count). The first-order valence-electron chi connectivity index (χ1n) is 9.44. The minimum atomic E-state index is -0.453. The minimum absolute atomic E-state index is 0.0461. The maximum Gasteiger partial charge on any atom is 0.253 e. The Morgan fingerprint density at radius 2 is 1.93 bits per heavy atom. The van der Waals surface area contributed by atoms with Crippen LogP contribution in [0.1, 0.15) is 25.2 Å². The van der Waals surface area contributed by atoms with Gasteiger partial charge in [0.2, 0.25) is 17.7 Å². The molecule has 1 aromatic carbocycles. The van der Waals surface area contributed by atoms with Gasteiger partial charge in [0.05, 0.1) is 6.54 Å². The summed E-state index contributed by atoms with van der Waals surface area (Å²) in [6, 6.07) is 3.92. The lowest BCUT2D eigenvalue weighted by Crippen LogP contribution is -2.39. The monoisotopic (exact) mass is 416 g/mol. The highest BCUT2D eigenvalue weighted by Crippen LogP contribution is 2.18. The molecule has 9 nitrogen and oxygen atoms in total. The third kappa shape index (κ3) is 5.07. The van der Waals surface area contributed by atoms with Gasteiger partial charge < -0.3 is 14.6 Å². The molecule has 2 aromatic rings. The SMILES string of the molecule is CNC(=O)CN(Cc1nc2cc(F)ccc2o1)C(=O)CCCCN1C(=O)C=CC1=O. The Kier molecular flexibility index (Phi) is 6.55. The second-order valence-electron chi connectivity index (χ2n) is 6.76. The molecule has 0 bridgehead atoms. The number of fused-ring (bicyclic) bond motifs is 1. The third-order valence-corrected chi connectivity index (χ3v) is 4.61. The van der Waals surface area contributed by atoms with E-state index in [0.29, 0.717) is 23.9 Å². The zero-order valence-electron chi connectivity index (χ0n) is 16.4. The van der Waals surface area contributed by atoms with Crippen LogP contribution in [-0.4, -0.2) is 58.5 Å². The van der Waals surface area contributed by atoms with E-state index in [1.807, 2.05) is 0 Å². The number of carbonyl (C=O) groups excluding carboxylic acids is 4. The summed E-state index contributed by atoms with van der Waals surface area (Å²) < 4.78 is 18.9. The summed E-state index contributed by atoms with van der Waals surface area (Å²) in [5.41, 5.74) is 0.707. The van der Waals surface area contributed by atoms with Crippen molar-refractivity contribution in [3.63, 3.8) is 0 Å². The van der Waals surface area contributed by atoms with Crippen LogP contribution >= 0.6 is 0 Å². The van der Waals surface area contributed by atoms with Crippen molar-refractivity contribution >= 4 is 34.7 Å². The molecule has 0 radical (unpaired) electrons. The fourth-order valence-corrected chi connectivity index (χ4v) is 3.02. The molecule has 0 atom stereocenters. The molecule has 158 valence electrons. The average Bonchev–Trinajstić information content (AvgIpc) is 3.26. The van der Waals surface area contributed by atoms with Gasteiger partial charge in [0.1, 0.15) is 17.9 Å². The number of halogens is 1. The molecule has 4 amide bonds. The van der Waals surface area contributed by atoms with E-state index in [1.54, 1.807) is 0 Å².